The Hall–Kier alpha value is -2.38. The summed E-state index contributed by atoms with van der Waals surface area (Å²) >= 11 is 0. The highest BCUT2D eigenvalue weighted by Gasteiger charge is 2.26. The van der Waals surface area contributed by atoms with Gasteiger partial charge in [0.25, 0.3) is 0 Å². The number of rotatable bonds is 8. The van der Waals surface area contributed by atoms with Gasteiger partial charge in [0.1, 0.15) is 0 Å². The lowest BCUT2D eigenvalue weighted by Gasteiger charge is -2.30. The molecule has 0 spiro atoms. The van der Waals surface area contributed by atoms with Gasteiger partial charge in [-0.3, -0.25) is 0 Å². The van der Waals surface area contributed by atoms with E-state index in [4.69, 9.17) is 0 Å². The van der Waals surface area contributed by atoms with E-state index in [2.05, 4.69) is 6.58 Å². The molecule has 0 fully saturated rings. The molecule has 1 atom stereocenters. The molecule has 1 unspecified atom stereocenters. The van der Waals surface area contributed by atoms with Gasteiger partial charge in [-0.1, -0.05) is 6.08 Å². The molecule has 0 radical (unpaired) electrons. The van der Waals surface area contributed by atoms with Gasteiger partial charge in [-0.25, -0.2) is 0 Å². The summed E-state index contributed by atoms with van der Waals surface area (Å²) in [4.78, 5) is 42.0. The van der Waals surface area contributed by atoms with Gasteiger partial charge in [-0.2, -0.15) is 0 Å². The lowest BCUT2D eigenvalue weighted by molar-refractivity contribution is -0.339. The Labute approximate surface area is 101 Å². The number of hydrogen-bond donors (Lipinski definition) is 0. The molecule has 0 amide bonds. The number of carboxylic acid groups (broad SMARTS) is 4. The molecule has 0 aromatic rings. The molecule has 8 nitrogen and oxygen atoms in total. The van der Waals surface area contributed by atoms with Crippen LogP contribution in [0.25, 0.3) is 0 Å². The predicted octanol–water partition coefficient (Wildman–Crippen LogP) is -5.59. The minimum absolute atomic E-state index is 0.801. The van der Waals surface area contributed by atoms with Gasteiger partial charge >= 0.3 is 0 Å². The van der Waals surface area contributed by atoms with Crippen LogP contribution < -0.4 is 20.4 Å². The summed E-state index contributed by atoms with van der Waals surface area (Å²) < 4.78 is 0. The first-order valence-corrected chi connectivity index (χ1v) is 4.68. The van der Waals surface area contributed by atoms with E-state index in [1.807, 2.05) is 0 Å². The SMILES string of the molecule is C=CC(CC(C(=O)[O-])C(=O)[O-])C(C(=O)[O-])C(=O)[O-]. The van der Waals surface area contributed by atoms with Gasteiger partial charge in [0.05, 0.1) is 23.9 Å². The van der Waals surface area contributed by atoms with Crippen molar-refractivity contribution >= 4 is 23.9 Å². The zero-order valence-corrected chi connectivity index (χ0v) is 8.99. The summed E-state index contributed by atoms with van der Waals surface area (Å²) in [6.07, 6.45) is -0.0596. The Bertz CT molecular complexity index is 357. The number of aliphatic carboxylic acids is 4. The van der Waals surface area contributed by atoms with Crippen molar-refractivity contribution in [2.24, 2.45) is 17.8 Å². The van der Waals surface area contributed by atoms with Crippen molar-refractivity contribution in [3.8, 4) is 0 Å². The highest BCUT2D eigenvalue weighted by Crippen LogP contribution is 2.21. The minimum atomic E-state index is -2.20. The van der Waals surface area contributed by atoms with Gasteiger partial charge in [0.15, 0.2) is 0 Å². The highest BCUT2D eigenvalue weighted by molar-refractivity contribution is 5.93. The summed E-state index contributed by atoms with van der Waals surface area (Å²) in [6.45, 7) is 3.11. The van der Waals surface area contributed by atoms with Crippen molar-refractivity contribution in [3.05, 3.63) is 12.7 Å². The fourth-order valence-electron chi connectivity index (χ4n) is 1.38. The van der Waals surface area contributed by atoms with Crippen molar-refractivity contribution in [1.82, 2.24) is 0 Å². The Kier molecular flexibility index (Phi) is 5.54. The van der Waals surface area contributed by atoms with E-state index >= 15 is 0 Å². The van der Waals surface area contributed by atoms with Crippen LogP contribution in [0.15, 0.2) is 12.7 Å². The molecule has 0 saturated carbocycles. The molecule has 0 aliphatic rings. The van der Waals surface area contributed by atoms with Crippen molar-refractivity contribution in [1.29, 1.82) is 0 Å². The number of carbonyl (C=O) groups excluding carboxylic acids is 4. The van der Waals surface area contributed by atoms with E-state index in [1.165, 1.54) is 0 Å². The van der Waals surface area contributed by atoms with Gasteiger partial charge in [0.2, 0.25) is 0 Å². The van der Waals surface area contributed by atoms with Crippen LogP contribution in [0.1, 0.15) is 6.42 Å². The fraction of sp³-hybridized carbons (Fsp3) is 0.400. The molecule has 0 rings (SSSR count). The summed E-state index contributed by atoms with van der Waals surface area (Å²) in [7, 11) is 0. The second kappa shape index (κ2) is 6.38. The zero-order chi connectivity index (χ0) is 14.5. The van der Waals surface area contributed by atoms with E-state index in [-0.39, 0.29) is 0 Å². The van der Waals surface area contributed by atoms with Crippen LogP contribution >= 0.6 is 0 Å². The van der Waals surface area contributed by atoms with Crippen LogP contribution in [0, 0.1) is 17.8 Å². The van der Waals surface area contributed by atoms with Crippen molar-refractivity contribution in [2.45, 2.75) is 6.42 Å². The number of allylic oxidation sites excluding steroid dienone is 1. The van der Waals surface area contributed by atoms with Crippen LogP contribution in [0.2, 0.25) is 0 Å². The first-order valence-electron chi connectivity index (χ1n) is 4.68. The fourth-order valence-corrected chi connectivity index (χ4v) is 1.38. The number of carbonyl (C=O) groups is 4. The molecule has 0 N–H and O–H groups in total. The van der Waals surface area contributed by atoms with Gasteiger partial charge in [0, 0.05) is 11.8 Å². The number of carboxylic acids is 4. The maximum absolute atomic E-state index is 10.6. The standard InChI is InChI=1S/C10H12O8/c1-2-4(6(9(15)16)10(17)18)3-5(7(11)12)8(13)14/h2,4-6H,1,3H2,(H,11,12)(H,13,14)(H,15,16)(H,17,18)/p-4. The molecule has 0 aromatic heterocycles. The van der Waals surface area contributed by atoms with E-state index in [1.54, 1.807) is 0 Å². The summed E-state index contributed by atoms with van der Waals surface area (Å²) in [5.41, 5.74) is 0. The van der Waals surface area contributed by atoms with E-state index in [0.29, 0.717) is 0 Å². The second-order valence-electron chi connectivity index (χ2n) is 3.44. The maximum atomic E-state index is 10.6. The predicted molar refractivity (Wildman–Crippen MR) is 45.3 cm³/mol. The van der Waals surface area contributed by atoms with Crippen LogP contribution in [0.4, 0.5) is 0 Å². The van der Waals surface area contributed by atoms with Gasteiger partial charge < -0.3 is 39.6 Å². The third-order valence-corrected chi connectivity index (χ3v) is 2.32. The summed E-state index contributed by atoms with van der Waals surface area (Å²) in [6, 6.07) is 0. The Morgan fingerprint density at radius 3 is 1.50 bits per heavy atom. The average Bonchev–Trinajstić information content (AvgIpc) is 2.21. The van der Waals surface area contributed by atoms with E-state index < -0.39 is 48.1 Å². The smallest absolute Gasteiger partial charge is 0.0507 e. The molecule has 0 heterocycles. The van der Waals surface area contributed by atoms with Crippen molar-refractivity contribution in [3.63, 3.8) is 0 Å². The van der Waals surface area contributed by atoms with Crippen LogP contribution in [-0.2, 0) is 19.2 Å². The average molecular weight is 256 g/mol. The largest absolute Gasteiger partial charge is 0.549 e. The first-order chi connectivity index (χ1) is 8.22. The van der Waals surface area contributed by atoms with Crippen LogP contribution in [0.3, 0.4) is 0 Å². The van der Waals surface area contributed by atoms with Crippen LogP contribution in [-0.4, -0.2) is 23.9 Å². The highest BCUT2D eigenvalue weighted by atomic mass is 16.4. The Morgan fingerprint density at radius 1 is 0.889 bits per heavy atom. The normalized spacial score (nSPS) is 12.1. The number of hydrogen-bond acceptors (Lipinski definition) is 8. The Morgan fingerprint density at radius 2 is 1.28 bits per heavy atom. The minimum Gasteiger partial charge on any atom is -0.549 e. The van der Waals surface area contributed by atoms with Crippen molar-refractivity contribution < 1.29 is 39.6 Å². The molecule has 0 saturated heterocycles. The molecule has 0 aromatic carbocycles. The summed E-state index contributed by atoms with van der Waals surface area (Å²) in [5.74, 6) is -14.0. The van der Waals surface area contributed by atoms with Crippen molar-refractivity contribution in [2.75, 3.05) is 0 Å². The topological polar surface area (TPSA) is 161 Å². The molecular formula is C10H8O8-4. The van der Waals surface area contributed by atoms with Gasteiger partial charge in [-0.05, 0) is 12.3 Å². The molecule has 18 heavy (non-hydrogen) atoms. The Balaban J connectivity index is 5.14. The second-order valence-corrected chi connectivity index (χ2v) is 3.44. The molecule has 8 heteroatoms. The monoisotopic (exact) mass is 256 g/mol. The third-order valence-electron chi connectivity index (χ3n) is 2.32. The summed E-state index contributed by atoms with van der Waals surface area (Å²) in [5, 5.41) is 42.0. The van der Waals surface area contributed by atoms with Crippen LogP contribution in [0.5, 0.6) is 0 Å². The molecule has 0 bridgehead atoms. The molecular weight excluding hydrogens is 248 g/mol. The van der Waals surface area contributed by atoms with Gasteiger partial charge in [-0.15, -0.1) is 6.58 Å². The molecule has 100 valence electrons. The third kappa shape index (κ3) is 3.89. The first kappa shape index (κ1) is 15.6. The molecule has 0 aliphatic carbocycles. The quantitative estimate of drug-likeness (QED) is 0.306. The van der Waals surface area contributed by atoms with E-state index in [9.17, 15) is 39.6 Å². The maximum Gasteiger partial charge on any atom is 0.0507 e. The van der Waals surface area contributed by atoms with E-state index in [0.717, 1.165) is 6.08 Å². The lowest BCUT2D eigenvalue weighted by Crippen LogP contribution is -2.49. The lowest BCUT2D eigenvalue weighted by atomic mass is 9.84. The zero-order valence-electron chi connectivity index (χ0n) is 8.99. The molecule has 0 aliphatic heterocycles.